The molecule has 6 heteroatoms. The Morgan fingerprint density at radius 2 is 1.87 bits per heavy atom. The van der Waals surface area contributed by atoms with Crippen LogP contribution in [0.5, 0.6) is 5.75 Å². The quantitative estimate of drug-likeness (QED) is 0.888. The fourth-order valence-corrected chi connectivity index (χ4v) is 2.02. The molecule has 0 fully saturated rings. The number of carbonyl (C=O) groups excluding carboxylic acids is 2. The first-order valence-corrected chi connectivity index (χ1v) is 7.11. The Bertz CT molecular complexity index is 732. The molecule has 0 atom stereocenters. The van der Waals surface area contributed by atoms with Gasteiger partial charge in [0.1, 0.15) is 11.6 Å². The maximum atomic E-state index is 13.6. The number of rotatable bonds is 5. The van der Waals surface area contributed by atoms with Gasteiger partial charge in [0.15, 0.2) is 0 Å². The van der Waals surface area contributed by atoms with Gasteiger partial charge in [0.05, 0.1) is 17.9 Å². The number of anilines is 2. The molecule has 0 spiro atoms. The van der Waals surface area contributed by atoms with E-state index >= 15 is 0 Å². The molecule has 0 unspecified atom stereocenters. The first kappa shape index (κ1) is 16.5. The van der Waals surface area contributed by atoms with Crippen molar-refractivity contribution in [2.45, 2.75) is 13.8 Å². The Morgan fingerprint density at radius 3 is 2.57 bits per heavy atom. The number of hydrogen-bond donors (Lipinski definition) is 2. The zero-order valence-electron chi connectivity index (χ0n) is 12.9. The second-order valence-electron chi connectivity index (χ2n) is 4.76. The van der Waals surface area contributed by atoms with Gasteiger partial charge in [0, 0.05) is 12.6 Å². The summed E-state index contributed by atoms with van der Waals surface area (Å²) in [5.74, 6) is -0.881. The summed E-state index contributed by atoms with van der Waals surface area (Å²) in [6, 6.07) is 10.8. The fraction of sp³-hybridized carbons (Fsp3) is 0.176. The minimum atomic E-state index is -0.576. The van der Waals surface area contributed by atoms with E-state index in [2.05, 4.69) is 10.6 Å². The molecule has 0 aromatic heterocycles. The highest BCUT2D eigenvalue weighted by Gasteiger charge is 2.13. The third kappa shape index (κ3) is 4.29. The summed E-state index contributed by atoms with van der Waals surface area (Å²) in [6.45, 7) is 3.55. The van der Waals surface area contributed by atoms with Gasteiger partial charge in [0.2, 0.25) is 5.91 Å². The Labute approximate surface area is 133 Å². The normalized spacial score (nSPS) is 10.0. The predicted octanol–water partition coefficient (Wildman–Crippen LogP) is 3.44. The van der Waals surface area contributed by atoms with Crippen LogP contribution in [0.2, 0.25) is 0 Å². The van der Waals surface area contributed by atoms with Gasteiger partial charge in [-0.05, 0) is 37.3 Å². The SMILES string of the molecule is CCOc1ccccc1C(=O)Nc1ccc(F)c(NC(C)=O)c1. The van der Waals surface area contributed by atoms with Crippen molar-refractivity contribution >= 4 is 23.2 Å². The molecule has 2 rings (SSSR count). The topological polar surface area (TPSA) is 67.4 Å². The summed E-state index contributed by atoms with van der Waals surface area (Å²) in [5.41, 5.74) is 0.750. The van der Waals surface area contributed by atoms with Crippen LogP contribution in [0.3, 0.4) is 0 Å². The van der Waals surface area contributed by atoms with Gasteiger partial charge in [-0.25, -0.2) is 4.39 Å². The molecular formula is C17H17FN2O3. The molecule has 0 aliphatic heterocycles. The van der Waals surface area contributed by atoms with Crippen LogP contribution in [0, 0.1) is 5.82 Å². The summed E-state index contributed by atoms with van der Waals surface area (Å²) in [6.07, 6.45) is 0. The van der Waals surface area contributed by atoms with Crippen molar-refractivity contribution in [2.75, 3.05) is 17.2 Å². The van der Waals surface area contributed by atoms with Crippen molar-refractivity contribution in [1.29, 1.82) is 0 Å². The average Bonchev–Trinajstić information content (AvgIpc) is 2.51. The monoisotopic (exact) mass is 316 g/mol. The molecule has 120 valence electrons. The van der Waals surface area contributed by atoms with Gasteiger partial charge in [-0.2, -0.15) is 0 Å². The maximum absolute atomic E-state index is 13.6. The molecule has 0 saturated heterocycles. The van der Waals surface area contributed by atoms with E-state index in [1.165, 1.54) is 25.1 Å². The number of para-hydroxylation sites is 1. The molecule has 0 heterocycles. The molecule has 2 N–H and O–H groups in total. The Kier molecular flexibility index (Phi) is 5.30. The summed E-state index contributed by atoms with van der Waals surface area (Å²) in [5, 5.41) is 5.03. The third-order valence-electron chi connectivity index (χ3n) is 2.97. The molecule has 0 aliphatic carbocycles. The molecular weight excluding hydrogens is 299 g/mol. The van der Waals surface area contributed by atoms with E-state index in [0.29, 0.717) is 23.6 Å². The molecule has 23 heavy (non-hydrogen) atoms. The van der Waals surface area contributed by atoms with Gasteiger partial charge in [-0.3, -0.25) is 9.59 Å². The van der Waals surface area contributed by atoms with E-state index in [1.54, 1.807) is 24.3 Å². The fourth-order valence-electron chi connectivity index (χ4n) is 2.02. The second kappa shape index (κ2) is 7.40. The molecule has 5 nitrogen and oxygen atoms in total. The van der Waals surface area contributed by atoms with Gasteiger partial charge in [-0.1, -0.05) is 12.1 Å². The Hall–Kier alpha value is -2.89. The molecule has 0 aliphatic rings. The number of ether oxygens (including phenoxy) is 1. The number of benzene rings is 2. The number of amides is 2. The molecule has 2 aromatic carbocycles. The first-order valence-electron chi connectivity index (χ1n) is 7.11. The van der Waals surface area contributed by atoms with Gasteiger partial charge >= 0.3 is 0 Å². The van der Waals surface area contributed by atoms with E-state index in [9.17, 15) is 14.0 Å². The van der Waals surface area contributed by atoms with Crippen LogP contribution in [-0.4, -0.2) is 18.4 Å². The minimum absolute atomic E-state index is 0.00777. The Morgan fingerprint density at radius 1 is 1.13 bits per heavy atom. The highest BCUT2D eigenvalue weighted by Crippen LogP contribution is 2.23. The van der Waals surface area contributed by atoms with E-state index < -0.39 is 11.7 Å². The van der Waals surface area contributed by atoms with Crippen molar-refractivity contribution in [3.8, 4) is 5.75 Å². The number of nitrogens with one attached hydrogen (secondary N) is 2. The molecule has 0 saturated carbocycles. The lowest BCUT2D eigenvalue weighted by Crippen LogP contribution is -2.14. The van der Waals surface area contributed by atoms with Gasteiger partial charge in [-0.15, -0.1) is 0 Å². The zero-order chi connectivity index (χ0) is 16.8. The zero-order valence-corrected chi connectivity index (χ0v) is 12.9. The minimum Gasteiger partial charge on any atom is -0.493 e. The van der Waals surface area contributed by atoms with Crippen molar-refractivity contribution in [1.82, 2.24) is 0 Å². The van der Waals surface area contributed by atoms with E-state index in [-0.39, 0.29) is 11.6 Å². The molecule has 2 aromatic rings. The summed E-state index contributed by atoms with van der Waals surface area (Å²) < 4.78 is 19.0. The highest BCUT2D eigenvalue weighted by molar-refractivity contribution is 6.06. The number of halogens is 1. The van der Waals surface area contributed by atoms with Gasteiger partial charge in [0.25, 0.3) is 5.91 Å². The lowest BCUT2D eigenvalue weighted by Gasteiger charge is -2.11. The second-order valence-corrected chi connectivity index (χ2v) is 4.76. The van der Waals surface area contributed by atoms with Crippen molar-refractivity contribution in [2.24, 2.45) is 0 Å². The summed E-state index contributed by atoms with van der Waals surface area (Å²) in [4.78, 5) is 23.4. The predicted molar refractivity (Wildman–Crippen MR) is 86.3 cm³/mol. The third-order valence-corrected chi connectivity index (χ3v) is 2.97. The summed E-state index contributed by atoms with van der Waals surface area (Å²) >= 11 is 0. The van der Waals surface area contributed by atoms with Crippen LogP contribution in [0.25, 0.3) is 0 Å². The summed E-state index contributed by atoms with van der Waals surface area (Å²) in [7, 11) is 0. The van der Waals surface area contributed by atoms with Crippen LogP contribution < -0.4 is 15.4 Å². The standard InChI is InChI=1S/C17H17FN2O3/c1-3-23-16-7-5-4-6-13(16)17(22)20-12-8-9-14(18)15(10-12)19-11(2)21/h4-10H,3H2,1-2H3,(H,19,21)(H,20,22). The van der Waals surface area contributed by atoms with Crippen LogP contribution in [-0.2, 0) is 4.79 Å². The highest BCUT2D eigenvalue weighted by atomic mass is 19.1. The van der Waals surface area contributed by atoms with Crippen molar-refractivity contribution < 1.29 is 18.7 Å². The van der Waals surface area contributed by atoms with Crippen molar-refractivity contribution in [3.05, 3.63) is 53.8 Å². The van der Waals surface area contributed by atoms with Crippen LogP contribution >= 0.6 is 0 Å². The number of carbonyl (C=O) groups is 2. The van der Waals surface area contributed by atoms with Crippen LogP contribution in [0.15, 0.2) is 42.5 Å². The average molecular weight is 316 g/mol. The van der Waals surface area contributed by atoms with E-state index in [1.807, 2.05) is 6.92 Å². The first-order chi connectivity index (χ1) is 11.0. The van der Waals surface area contributed by atoms with Crippen molar-refractivity contribution in [3.63, 3.8) is 0 Å². The molecule has 0 radical (unpaired) electrons. The molecule has 2 amide bonds. The maximum Gasteiger partial charge on any atom is 0.259 e. The van der Waals surface area contributed by atoms with Gasteiger partial charge < -0.3 is 15.4 Å². The van der Waals surface area contributed by atoms with E-state index in [4.69, 9.17) is 4.74 Å². The van der Waals surface area contributed by atoms with Crippen LogP contribution in [0.4, 0.5) is 15.8 Å². The number of hydrogen-bond acceptors (Lipinski definition) is 3. The molecule has 0 bridgehead atoms. The lowest BCUT2D eigenvalue weighted by atomic mass is 10.1. The Balaban J connectivity index is 2.22. The van der Waals surface area contributed by atoms with E-state index in [0.717, 1.165) is 0 Å². The lowest BCUT2D eigenvalue weighted by molar-refractivity contribution is -0.114. The van der Waals surface area contributed by atoms with Crippen LogP contribution in [0.1, 0.15) is 24.2 Å². The largest absolute Gasteiger partial charge is 0.493 e. The smallest absolute Gasteiger partial charge is 0.259 e.